The van der Waals surface area contributed by atoms with Gasteiger partial charge in [-0.15, -0.1) is 0 Å². The molecule has 0 radical (unpaired) electrons. The molecule has 24 heavy (non-hydrogen) atoms. The van der Waals surface area contributed by atoms with Crippen LogP contribution < -0.4 is 10.6 Å². The van der Waals surface area contributed by atoms with Crippen molar-refractivity contribution in [3.63, 3.8) is 0 Å². The molecule has 0 aromatic heterocycles. The first kappa shape index (κ1) is 15.9. The Morgan fingerprint density at radius 1 is 1.25 bits per heavy atom. The minimum absolute atomic E-state index is 0.373. The zero-order valence-electron chi connectivity index (χ0n) is 14.6. The van der Waals surface area contributed by atoms with Crippen LogP contribution in [0.25, 0.3) is 0 Å². The summed E-state index contributed by atoms with van der Waals surface area (Å²) < 4.78 is 6.07. The normalized spacial score (nSPS) is 30.9. The summed E-state index contributed by atoms with van der Waals surface area (Å²) in [5.41, 5.74) is 1.73. The van der Waals surface area contributed by atoms with Gasteiger partial charge in [0.15, 0.2) is 5.96 Å². The van der Waals surface area contributed by atoms with Crippen LogP contribution in [-0.4, -0.2) is 38.3 Å². The van der Waals surface area contributed by atoms with Gasteiger partial charge in [-0.2, -0.15) is 0 Å². The predicted octanol–water partition coefficient (Wildman–Crippen LogP) is 2.74. The van der Waals surface area contributed by atoms with Gasteiger partial charge < -0.3 is 15.4 Å². The molecular formula is C20H29N3O. The topological polar surface area (TPSA) is 45.7 Å². The largest absolute Gasteiger partial charge is 0.377 e. The van der Waals surface area contributed by atoms with Crippen molar-refractivity contribution >= 4 is 5.96 Å². The molecule has 4 nitrogen and oxygen atoms in total. The Morgan fingerprint density at radius 2 is 2.04 bits per heavy atom. The van der Waals surface area contributed by atoms with Crippen molar-refractivity contribution in [2.75, 3.05) is 20.2 Å². The van der Waals surface area contributed by atoms with Crippen LogP contribution >= 0.6 is 0 Å². The van der Waals surface area contributed by atoms with Crippen LogP contribution in [0, 0.1) is 11.3 Å². The third-order valence-electron chi connectivity index (χ3n) is 6.35. The summed E-state index contributed by atoms with van der Waals surface area (Å²) in [5.74, 6) is 1.63. The molecule has 3 unspecified atom stereocenters. The number of ether oxygens (including phenoxy) is 1. The molecule has 1 saturated heterocycles. The van der Waals surface area contributed by atoms with Crippen molar-refractivity contribution in [1.29, 1.82) is 0 Å². The lowest BCUT2D eigenvalue weighted by Crippen LogP contribution is -2.69. The highest BCUT2D eigenvalue weighted by Gasteiger charge is 2.65. The molecule has 3 atom stereocenters. The summed E-state index contributed by atoms with van der Waals surface area (Å²) in [6.07, 6.45) is 8.05. The number of nitrogens with one attached hydrogen (secondary N) is 2. The molecule has 1 heterocycles. The van der Waals surface area contributed by atoms with Gasteiger partial charge in [0.2, 0.25) is 0 Å². The monoisotopic (exact) mass is 327 g/mol. The Kier molecular flexibility index (Phi) is 4.49. The Balaban J connectivity index is 1.34. The van der Waals surface area contributed by atoms with Crippen LogP contribution in [0.2, 0.25) is 0 Å². The van der Waals surface area contributed by atoms with Crippen LogP contribution in [0.15, 0.2) is 35.3 Å². The number of aliphatic imine (C=N–C) groups is 1. The lowest BCUT2D eigenvalue weighted by molar-refractivity contribution is -0.125. The van der Waals surface area contributed by atoms with Crippen LogP contribution in [-0.2, 0) is 11.2 Å². The van der Waals surface area contributed by atoms with Gasteiger partial charge in [0.1, 0.15) is 0 Å². The van der Waals surface area contributed by atoms with E-state index >= 15 is 0 Å². The van der Waals surface area contributed by atoms with E-state index in [0.717, 1.165) is 25.5 Å². The highest BCUT2D eigenvalue weighted by Crippen LogP contribution is 2.60. The first-order chi connectivity index (χ1) is 11.8. The third kappa shape index (κ3) is 2.71. The Morgan fingerprint density at radius 3 is 2.79 bits per heavy atom. The molecule has 1 aliphatic heterocycles. The van der Waals surface area contributed by atoms with Crippen molar-refractivity contribution in [2.24, 2.45) is 16.3 Å². The second-order valence-electron chi connectivity index (χ2n) is 7.54. The van der Waals surface area contributed by atoms with E-state index in [9.17, 15) is 0 Å². The molecule has 3 fully saturated rings. The fraction of sp³-hybridized carbons (Fsp3) is 0.650. The fourth-order valence-electron chi connectivity index (χ4n) is 5.22. The number of fused-ring (bicyclic) bond motifs is 2. The number of hydrogen-bond acceptors (Lipinski definition) is 2. The van der Waals surface area contributed by atoms with Gasteiger partial charge in [-0.25, -0.2) is 0 Å². The van der Waals surface area contributed by atoms with Crippen molar-refractivity contribution in [3.8, 4) is 0 Å². The van der Waals surface area contributed by atoms with E-state index in [1.807, 2.05) is 7.05 Å². The number of rotatable bonds is 4. The molecule has 1 aromatic rings. The third-order valence-corrected chi connectivity index (χ3v) is 6.35. The summed E-state index contributed by atoms with van der Waals surface area (Å²) in [6, 6.07) is 11.2. The van der Waals surface area contributed by atoms with E-state index < -0.39 is 0 Å². The van der Waals surface area contributed by atoms with E-state index in [4.69, 9.17) is 4.74 Å². The molecule has 1 aromatic carbocycles. The SMILES string of the molecule is CN=C(NCCc1ccccc1)NC1C2CCOC2C12CCCC2. The van der Waals surface area contributed by atoms with Gasteiger partial charge in [-0.1, -0.05) is 43.2 Å². The van der Waals surface area contributed by atoms with Crippen LogP contribution in [0.1, 0.15) is 37.7 Å². The Labute approximate surface area is 145 Å². The van der Waals surface area contributed by atoms with Crippen molar-refractivity contribution in [3.05, 3.63) is 35.9 Å². The average molecular weight is 327 g/mol. The van der Waals surface area contributed by atoms with Gasteiger partial charge in [-0.3, -0.25) is 4.99 Å². The predicted molar refractivity (Wildman–Crippen MR) is 97.2 cm³/mol. The first-order valence-electron chi connectivity index (χ1n) is 9.46. The smallest absolute Gasteiger partial charge is 0.191 e. The molecule has 1 spiro atoms. The zero-order chi connectivity index (χ0) is 16.4. The second-order valence-corrected chi connectivity index (χ2v) is 7.54. The maximum atomic E-state index is 6.07. The van der Waals surface area contributed by atoms with Gasteiger partial charge in [-0.05, 0) is 31.2 Å². The maximum Gasteiger partial charge on any atom is 0.191 e. The van der Waals surface area contributed by atoms with Gasteiger partial charge in [0.05, 0.1) is 6.10 Å². The molecule has 2 aliphatic carbocycles. The van der Waals surface area contributed by atoms with Crippen LogP contribution in [0.5, 0.6) is 0 Å². The van der Waals surface area contributed by atoms with Gasteiger partial charge in [0, 0.05) is 37.6 Å². The van der Waals surface area contributed by atoms with E-state index in [2.05, 4.69) is 46.0 Å². The molecule has 0 amide bonds. The van der Waals surface area contributed by atoms with Crippen molar-refractivity contribution < 1.29 is 4.74 Å². The number of hydrogen-bond donors (Lipinski definition) is 2. The standard InChI is InChI=1S/C20H29N3O/c1-21-19(22-13-9-15-7-3-2-4-8-15)23-17-16-10-14-24-18(16)20(17)11-5-6-12-20/h2-4,7-8,16-18H,5-6,9-14H2,1H3,(H2,21,22,23). The molecule has 4 heteroatoms. The molecule has 2 saturated carbocycles. The van der Waals surface area contributed by atoms with E-state index in [-0.39, 0.29) is 0 Å². The zero-order valence-corrected chi connectivity index (χ0v) is 14.6. The first-order valence-corrected chi connectivity index (χ1v) is 9.46. The minimum Gasteiger partial charge on any atom is -0.377 e. The quantitative estimate of drug-likeness (QED) is 0.660. The van der Waals surface area contributed by atoms with Crippen LogP contribution in [0.4, 0.5) is 0 Å². The van der Waals surface area contributed by atoms with Crippen molar-refractivity contribution in [2.45, 2.75) is 50.7 Å². The Bertz CT molecular complexity index is 580. The van der Waals surface area contributed by atoms with Crippen LogP contribution in [0.3, 0.4) is 0 Å². The summed E-state index contributed by atoms with van der Waals surface area (Å²) in [4.78, 5) is 4.46. The summed E-state index contributed by atoms with van der Waals surface area (Å²) in [5, 5.41) is 7.25. The lowest BCUT2D eigenvalue weighted by Gasteiger charge is -2.57. The lowest BCUT2D eigenvalue weighted by atomic mass is 9.54. The molecular weight excluding hydrogens is 298 g/mol. The minimum atomic E-state index is 0.373. The number of benzene rings is 1. The number of guanidine groups is 1. The summed E-state index contributed by atoms with van der Waals surface area (Å²) >= 11 is 0. The molecule has 130 valence electrons. The highest BCUT2D eigenvalue weighted by atomic mass is 16.5. The summed E-state index contributed by atoms with van der Waals surface area (Å²) in [6.45, 7) is 1.85. The van der Waals surface area contributed by atoms with E-state index in [0.29, 0.717) is 23.5 Å². The second kappa shape index (κ2) is 6.75. The van der Waals surface area contributed by atoms with E-state index in [1.54, 1.807) is 0 Å². The maximum absolute atomic E-state index is 6.07. The average Bonchev–Trinajstić information content (AvgIpc) is 3.27. The van der Waals surface area contributed by atoms with E-state index in [1.165, 1.54) is 37.7 Å². The molecule has 2 N–H and O–H groups in total. The summed E-state index contributed by atoms with van der Waals surface area (Å²) in [7, 11) is 1.88. The Hall–Kier alpha value is -1.55. The van der Waals surface area contributed by atoms with Crippen molar-refractivity contribution in [1.82, 2.24) is 10.6 Å². The van der Waals surface area contributed by atoms with Gasteiger partial charge in [0.25, 0.3) is 0 Å². The molecule has 0 bridgehead atoms. The highest BCUT2D eigenvalue weighted by molar-refractivity contribution is 5.80. The number of nitrogens with zero attached hydrogens (tertiary/aromatic N) is 1. The molecule has 3 aliphatic rings. The van der Waals surface area contributed by atoms with Gasteiger partial charge >= 0.3 is 0 Å². The fourth-order valence-corrected chi connectivity index (χ4v) is 5.22. The molecule has 4 rings (SSSR count).